The molecule has 0 bridgehead atoms. The van der Waals surface area contributed by atoms with E-state index in [1.165, 1.54) is 0 Å². The summed E-state index contributed by atoms with van der Waals surface area (Å²) in [4.78, 5) is 21.0. The lowest BCUT2D eigenvalue weighted by atomic mass is 9.92. The first-order valence-electron chi connectivity index (χ1n) is 18.4. The molecule has 2 aromatic heterocycles. The fraction of sp³-hybridized carbons (Fsp3) is 0.465. The van der Waals surface area contributed by atoms with Crippen LogP contribution in [0.3, 0.4) is 0 Å². The Morgan fingerprint density at radius 3 is 2.40 bits per heavy atom. The van der Waals surface area contributed by atoms with Gasteiger partial charge in [0, 0.05) is 41.9 Å². The Hall–Kier alpha value is -4.47. The van der Waals surface area contributed by atoms with Gasteiger partial charge >= 0.3 is 5.97 Å². The Morgan fingerprint density at radius 2 is 1.75 bits per heavy atom. The second kappa shape index (κ2) is 16.0. The highest BCUT2D eigenvalue weighted by Gasteiger charge is 2.38. The summed E-state index contributed by atoms with van der Waals surface area (Å²) in [5, 5.41) is 5.21. The van der Waals surface area contributed by atoms with E-state index in [1.807, 2.05) is 56.5 Å². The van der Waals surface area contributed by atoms with Gasteiger partial charge in [0.15, 0.2) is 11.8 Å². The van der Waals surface area contributed by atoms with Crippen molar-refractivity contribution in [2.24, 2.45) is 5.92 Å². The topological polar surface area (TPSA) is 87.4 Å². The summed E-state index contributed by atoms with van der Waals surface area (Å²) >= 11 is 0. The largest absolute Gasteiger partial charge is 0.489 e. The van der Waals surface area contributed by atoms with Gasteiger partial charge in [0.2, 0.25) is 0 Å². The first kappa shape index (κ1) is 38.8. The molecular weight excluding hydrogens is 652 g/mol. The minimum Gasteiger partial charge on any atom is -0.489 e. The van der Waals surface area contributed by atoms with E-state index in [0.29, 0.717) is 36.6 Å². The predicted octanol–water partition coefficient (Wildman–Crippen LogP) is 9.25. The third-order valence-electron chi connectivity index (χ3n) is 9.74. The van der Waals surface area contributed by atoms with Crippen molar-refractivity contribution in [2.75, 3.05) is 31.2 Å². The molecule has 0 spiro atoms. The quantitative estimate of drug-likeness (QED) is 0.0947. The molecule has 9 nitrogen and oxygen atoms in total. The van der Waals surface area contributed by atoms with Gasteiger partial charge in [0.05, 0.1) is 35.7 Å². The zero-order valence-electron chi connectivity index (χ0n) is 32.5. The zero-order valence-corrected chi connectivity index (χ0v) is 32.5. The van der Waals surface area contributed by atoms with Crippen LogP contribution in [0.1, 0.15) is 84.2 Å². The molecule has 1 aliphatic heterocycles. The number of rotatable bonds is 14. The third kappa shape index (κ3) is 8.76. The van der Waals surface area contributed by atoms with E-state index in [4.69, 9.17) is 29.0 Å². The standard InChI is InChI=1S/C43H56N4O5/c1-12-24-50-43(11)20-22-46(23-21-43)40-38(39(41(48)49-14-3)52-42(8,9)10)30(6)44-37-27-35(45-47(37)40)33-17-15-16-32(26-33)34-25-28(4)18-19-36(34)51-31(7)29(5)13-2/h12-13,15-19,25-27,29,31,39H,1-2,14,20-24H2,3-11H3. The summed E-state index contributed by atoms with van der Waals surface area (Å²) in [6, 6.07) is 16.6. The molecule has 1 saturated heterocycles. The molecule has 1 fully saturated rings. The van der Waals surface area contributed by atoms with Gasteiger partial charge in [0.1, 0.15) is 17.7 Å². The van der Waals surface area contributed by atoms with Crippen molar-refractivity contribution in [3.05, 3.63) is 90.7 Å². The molecule has 0 aliphatic carbocycles. The molecule has 0 N–H and O–H groups in total. The molecular formula is C43H56N4O5. The Kier molecular flexibility index (Phi) is 12.0. The van der Waals surface area contributed by atoms with Crippen LogP contribution in [0, 0.1) is 19.8 Å². The number of nitrogens with zero attached hydrogens (tertiary/aromatic N) is 4. The van der Waals surface area contributed by atoms with Crippen molar-refractivity contribution in [1.82, 2.24) is 14.6 Å². The number of fused-ring (bicyclic) bond motifs is 1. The normalized spacial score (nSPS) is 16.3. The second-order valence-corrected chi connectivity index (χ2v) is 15.1. The van der Waals surface area contributed by atoms with Crippen LogP contribution in [-0.4, -0.2) is 64.2 Å². The maximum Gasteiger partial charge on any atom is 0.340 e. The lowest BCUT2D eigenvalue weighted by Crippen LogP contribution is -2.45. The number of esters is 1. The minimum absolute atomic E-state index is 0.0376. The molecule has 9 heteroatoms. The number of hydrogen-bond donors (Lipinski definition) is 0. The first-order chi connectivity index (χ1) is 24.7. The number of carbonyl (C=O) groups is 1. The predicted molar refractivity (Wildman–Crippen MR) is 209 cm³/mol. The minimum atomic E-state index is -1.00. The van der Waals surface area contributed by atoms with E-state index in [-0.39, 0.29) is 24.2 Å². The highest BCUT2D eigenvalue weighted by atomic mass is 16.6. The van der Waals surface area contributed by atoms with Crippen LogP contribution in [-0.2, 0) is 19.0 Å². The van der Waals surface area contributed by atoms with E-state index in [2.05, 4.69) is 76.1 Å². The lowest BCUT2D eigenvalue weighted by molar-refractivity contribution is -0.166. The van der Waals surface area contributed by atoms with Gasteiger partial charge in [-0.2, -0.15) is 9.61 Å². The van der Waals surface area contributed by atoms with E-state index >= 15 is 0 Å². The van der Waals surface area contributed by atoms with Crippen molar-refractivity contribution in [3.63, 3.8) is 0 Å². The van der Waals surface area contributed by atoms with E-state index in [1.54, 1.807) is 13.0 Å². The molecule has 3 heterocycles. The van der Waals surface area contributed by atoms with Crippen molar-refractivity contribution >= 4 is 17.4 Å². The zero-order chi connectivity index (χ0) is 37.8. The fourth-order valence-corrected chi connectivity index (χ4v) is 6.58. The number of aryl methyl sites for hydroxylation is 2. The molecule has 3 unspecified atom stereocenters. The number of piperidine rings is 1. The van der Waals surface area contributed by atoms with Gasteiger partial charge < -0.3 is 23.8 Å². The average Bonchev–Trinajstić information content (AvgIpc) is 3.53. The molecule has 5 rings (SSSR count). The highest BCUT2D eigenvalue weighted by molar-refractivity contribution is 5.81. The second-order valence-electron chi connectivity index (χ2n) is 15.1. The van der Waals surface area contributed by atoms with Crippen LogP contribution in [0.4, 0.5) is 5.82 Å². The van der Waals surface area contributed by atoms with Crippen LogP contribution >= 0.6 is 0 Å². The Balaban J connectivity index is 1.64. The summed E-state index contributed by atoms with van der Waals surface area (Å²) in [7, 11) is 0. The SMILES string of the molecule is C=CCOC1(C)CCN(c2c(C(OC(C)(C)C)C(=O)OCC)c(C)nc3cc(-c4cccc(-c5cc(C)ccc5OC(C)C(C)C=C)c4)nn23)CC1. The molecule has 3 atom stereocenters. The molecule has 0 amide bonds. The molecule has 0 saturated carbocycles. The summed E-state index contributed by atoms with van der Waals surface area (Å²) < 4.78 is 26.6. The average molecular weight is 709 g/mol. The summed E-state index contributed by atoms with van der Waals surface area (Å²) in [6.45, 7) is 27.8. The molecule has 4 aromatic rings. The Bertz CT molecular complexity index is 1900. The Labute approximate surface area is 309 Å². The van der Waals surface area contributed by atoms with Crippen LogP contribution in [0.25, 0.3) is 28.0 Å². The van der Waals surface area contributed by atoms with Gasteiger partial charge in [0.25, 0.3) is 0 Å². The smallest absolute Gasteiger partial charge is 0.340 e. The van der Waals surface area contributed by atoms with E-state index in [0.717, 1.165) is 52.4 Å². The number of carbonyl (C=O) groups excluding carboxylic acids is 1. The van der Waals surface area contributed by atoms with Crippen LogP contribution in [0.2, 0.25) is 0 Å². The van der Waals surface area contributed by atoms with Crippen molar-refractivity contribution in [1.29, 1.82) is 0 Å². The van der Waals surface area contributed by atoms with Crippen LogP contribution in [0.5, 0.6) is 5.75 Å². The number of ether oxygens (including phenoxy) is 4. The summed E-state index contributed by atoms with van der Waals surface area (Å²) in [5.74, 6) is 1.34. The van der Waals surface area contributed by atoms with Crippen molar-refractivity contribution in [3.8, 4) is 28.1 Å². The van der Waals surface area contributed by atoms with Gasteiger partial charge in [-0.15, -0.1) is 13.2 Å². The van der Waals surface area contributed by atoms with Gasteiger partial charge in [-0.25, -0.2) is 9.78 Å². The summed E-state index contributed by atoms with van der Waals surface area (Å²) in [5.41, 5.74) is 5.97. The van der Waals surface area contributed by atoms with Crippen molar-refractivity contribution < 1.29 is 23.7 Å². The van der Waals surface area contributed by atoms with Crippen LogP contribution in [0.15, 0.2) is 73.8 Å². The Morgan fingerprint density at radius 1 is 1.04 bits per heavy atom. The maximum absolute atomic E-state index is 13.7. The number of hydrogen-bond acceptors (Lipinski definition) is 8. The highest BCUT2D eigenvalue weighted by Crippen LogP contribution is 2.40. The van der Waals surface area contributed by atoms with Gasteiger partial charge in [-0.1, -0.05) is 48.9 Å². The van der Waals surface area contributed by atoms with Crippen molar-refractivity contribution in [2.45, 2.75) is 98.6 Å². The molecule has 1 aliphatic rings. The molecule has 278 valence electrons. The number of anilines is 1. The van der Waals surface area contributed by atoms with Gasteiger partial charge in [-0.05, 0) is 92.0 Å². The number of benzene rings is 2. The molecule has 52 heavy (non-hydrogen) atoms. The van der Waals surface area contributed by atoms with Crippen LogP contribution < -0.4 is 9.64 Å². The number of aromatic nitrogens is 3. The van der Waals surface area contributed by atoms with E-state index in [9.17, 15) is 4.79 Å². The molecule has 0 radical (unpaired) electrons. The lowest BCUT2D eigenvalue weighted by Gasteiger charge is -2.41. The molecule has 2 aromatic carbocycles. The summed E-state index contributed by atoms with van der Waals surface area (Å²) in [6.07, 6.45) is 4.24. The fourth-order valence-electron chi connectivity index (χ4n) is 6.58. The monoisotopic (exact) mass is 708 g/mol. The van der Waals surface area contributed by atoms with E-state index < -0.39 is 17.7 Å². The first-order valence-corrected chi connectivity index (χ1v) is 18.4. The van der Waals surface area contributed by atoms with Gasteiger partial charge in [-0.3, -0.25) is 0 Å². The maximum atomic E-state index is 13.7. The third-order valence-corrected chi connectivity index (χ3v) is 9.74.